The van der Waals surface area contributed by atoms with E-state index in [0.29, 0.717) is 49.3 Å². The topological polar surface area (TPSA) is 122 Å². The third-order valence-corrected chi connectivity index (χ3v) is 9.57. The van der Waals surface area contributed by atoms with Crippen molar-refractivity contribution in [2.75, 3.05) is 31.6 Å². The molecule has 2 fully saturated rings. The van der Waals surface area contributed by atoms with E-state index < -0.39 is 11.4 Å². The number of nitrogens with zero attached hydrogens (tertiary/aromatic N) is 2. The van der Waals surface area contributed by atoms with Gasteiger partial charge in [-0.1, -0.05) is 50.3 Å². The summed E-state index contributed by atoms with van der Waals surface area (Å²) >= 11 is 0. The summed E-state index contributed by atoms with van der Waals surface area (Å²) in [5.41, 5.74) is 3.56. The highest BCUT2D eigenvalue weighted by molar-refractivity contribution is 6.04. The van der Waals surface area contributed by atoms with Gasteiger partial charge in [0.2, 0.25) is 11.7 Å². The van der Waals surface area contributed by atoms with E-state index in [9.17, 15) is 14.4 Å². The van der Waals surface area contributed by atoms with E-state index in [1.807, 2.05) is 19.9 Å². The predicted molar refractivity (Wildman–Crippen MR) is 177 cm³/mol. The van der Waals surface area contributed by atoms with E-state index in [1.165, 1.54) is 31.3 Å². The first-order valence-electron chi connectivity index (χ1n) is 17.0. The Kier molecular flexibility index (Phi) is 11.0. The van der Waals surface area contributed by atoms with Crippen LogP contribution in [-0.4, -0.2) is 59.4 Å². The van der Waals surface area contributed by atoms with Crippen LogP contribution in [0.2, 0.25) is 0 Å². The van der Waals surface area contributed by atoms with Crippen molar-refractivity contribution >= 4 is 23.5 Å². The van der Waals surface area contributed by atoms with Crippen LogP contribution in [0.25, 0.3) is 0 Å². The lowest BCUT2D eigenvalue weighted by molar-refractivity contribution is -0.131. The van der Waals surface area contributed by atoms with E-state index in [4.69, 9.17) is 9.47 Å². The molecular weight excluding hydrogens is 582 g/mol. The van der Waals surface area contributed by atoms with Gasteiger partial charge in [-0.05, 0) is 82.6 Å². The summed E-state index contributed by atoms with van der Waals surface area (Å²) in [5.74, 6) is -0.264. The fraction of sp³-hybridized carbons (Fsp3) is 0.556. The number of ether oxygens (including phenoxy) is 2. The minimum absolute atomic E-state index is 0.0258. The summed E-state index contributed by atoms with van der Waals surface area (Å²) in [6.45, 7) is 10.2. The SMILES string of the molecule is CCCCCCC(CC)=C1CCC(C(=O)NC2=C(C(=O)Nc3ccc(C)cn3)OC3=CC=C(C(=O)N4CCOCC4)NC32C)CC1. The number of amides is 3. The second-order valence-corrected chi connectivity index (χ2v) is 12.9. The van der Waals surface area contributed by atoms with Gasteiger partial charge in [0.1, 0.15) is 22.8 Å². The minimum atomic E-state index is -1.14. The zero-order chi connectivity index (χ0) is 32.7. The molecule has 0 aromatic carbocycles. The van der Waals surface area contributed by atoms with Crippen LogP contribution in [0.15, 0.2) is 64.5 Å². The van der Waals surface area contributed by atoms with Gasteiger partial charge in [-0.2, -0.15) is 0 Å². The number of nitrogens with one attached hydrogen (secondary N) is 3. The van der Waals surface area contributed by atoms with Crippen molar-refractivity contribution in [3.63, 3.8) is 0 Å². The van der Waals surface area contributed by atoms with Gasteiger partial charge in [0.05, 0.1) is 18.9 Å². The molecule has 1 atom stereocenters. The van der Waals surface area contributed by atoms with Gasteiger partial charge in [-0.25, -0.2) is 4.98 Å². The standard InChI is InChI=1S/C36H49N5O5/c1-5-7-8-9-10-25(6-2)26-12-14-27(15-13-26)33(42)39-32-31(34(43)38-30-18-11-24(3)23-37-30)46-29-17-16-28(40-36(29,32)4)35(44)41-19-21-45-22-20-41/h11,16-18,23,27,40H,5-10,12-15,19-22H2,1-4H3,(H,39,42)(H,37,38,43). The molecular formula is C36H49N5O5. The molecule has 46 heavy (non-hydrogen) atoms. The van der Waals surface area contributed by atoms with Crippen molar-refractivity contribution in [1.29, 1.82) is 0 Å². The highest BCUT2D eigenvalue weighted by atomic mass is 16.5. The van der Waals surface area contributed by atoms with E-state index >= 15 is 0 Å². The van der Waals surface area contributed by atoms with Crippen molar-refractivity contribution in [3.8, 4) is 0 Å². The summed E-state index contributed by atoms with van der Waals surface area (Å²) in [7, 11) is 0. The number of aromatic nitrogens is 1. The molecule has 1 saturated carbocycles. The van der Waals surface area contributed by atoms with Crippen molar-refractivity contribution in [1.82, 2.24) is 20.5 Å². The van der Waals surface area contributed by atoms with E-state index in [0.717, 1.165) is 44.1 Å². The van der Waals surface area contributed by atoms with Gasteiger partial charge in [0.15, 0.2) is 0 Å². The third-order valence-electron chi connectivity index (χ3n) is 9.57. The van der Waals surface area contributed by atoms with Crippen molar-refractivity contribution in [2.45, 2.75) is 97.4 Å². The van der Waals surface area contributed by atoms with Crippen LogP contribution in [0.4, 0.5) is 5.82 Å². The lowest BCUT2D eigenvalue weighted by atomic mass is 9.81. The number of carbonyl (C=O) groups excluding carboxylic acids is 3. The van der Waals surface area contributed by atoms with Crippen LogP contribution >= 0.6 is 0 Å². The van der Waals surface area contributed by atoms with Gasteiger partial charge in [0.25, 0.3) is 11.8 Å². The number of unbranched alkanes of at least 4 members (excludes halogenated alkanes) is 3. The van der Waals surface area contributed by atoms with Crippen LogP contribution in [0, 0.1) is 12.8 Å². The molecule has 1 saturated heterocycles. The Hall–Kier alpha value is -3.92. The van der Waals surface area contributed by atoms with Gasteiger partial charge in [0, 0.05) is 25.2 Å². The van der Waals surface area contributed by atoms with Crippen LogP contribution in [0.1, 0.15) is 90.5 Å². The number of carbonyl (C=O) groups is 3. The average molecular weight is 632 g/mol. The maximum Gasteiger partial charge on any atom is 0.294 e. The molecule has 5 rings (SSSR count). The average Bonchev–Trinajstić information content (AvgIpc) is 3.37. The maximum atomic E-state index is 13.9. The van der Waals surface area contributed by atoms with Gasteiger partial charge in [-0.15, -0.1) is 0 Å². The van der Waals surface area contributed by atoms with Crippen LogP contribution in [0.5, 0.6) is 0 Å². The molecule has 0 bridgehead atoms. The second kappa shape index (κ2) is 15.1. The van der Waals surface area contributed by atoms with E-state index in [1.54, 1.807) is 34.9 Å². The molecule has 3 amide bonds. The smallest absolute Gasteiger partial charge is 0.294 e. The predicted octanol–water partition coefficient (Wildman–Crippen LogP) is 5.54. The Bertz CT molecular complexity index is 1430. The van der Waals surface area contributed by atoms with Gasteiger partial charge in [-0.3, -0.25) is 14.4 Å². The normalized spacial score (nSPS) is 22.7. The molecule has 4 heterocycles. The first-order chi connectivity index (χ1) is 22.2. The van der Waals surface area contributed by atoms with Crippen LogP contribution in [-0.2, 0) is 23.9 Å². The molecule has 1 aromatic heterocycles. The fourth-order valence-corrected chi connectivity index (χ4v) is 6.70. The Labute approximate surface area is 272 Å². The number of allylic oxidation sites excluding steroid dienone is 4. The zero-order valence-corrected chi connectivity index (χ0v) is 27.8. The second-order valence-electron chi connectivity index (χ2n) is 12.9. The number of morpholine rings is 1. The quantitative estimate of drug-likeness (QED) is 0.217. The van der Waals surface area contributed by atoms with Crippen molar-refractivity contribution in [3.05, 3.63) is 70.1 Å². The fourth-order valence-electron chi connectivity index (χ4n) is 6.70. The number of rotatable bonds is 11. The summed E-state index contributed by atoms with van der Waals surface area (Å²) in [6.07, 6.45) is 15.6. The molecule has 10 nitrogen and oxygen atoms in total. The zero-order valence-electron chi connectivity index (χ0n) is 27.8. The lowest BCUT2D eigenvalue weighted by Gasteiger charge is -2.35. The number of anilines is 1. The van der Waals surface area contributed by atoms with Crippen molar-refractivity contribution < 1.29 is 23.9 Å². The summed E-state index contributed by atoms with van der Waals surface area (Å²) in [4.78, 5) is 47.0. The van der Waals surface area contributed by atoms with E-state index in [2.05, 4.69) is 34.8 Å². The third kappa shape index (κ3) is 7.54. The molecule has 0 spiro atoms. The highest BCUT2D eigenvalue weighted by Gasteiger charge is 2.49. The first-order valence-corrected chi connectivity index (χ1v) is 17.0. The summed E-state index contributed by atoms with van der Waals surface area (Å²) < 4.78 is 11.6. The highest BCUT2D eigenvalue weighted by Crippen LogP contribution is 2.41. The molecule has 248 valence electrons. The molecule has 4 aliphatic rings. The number of hydrogen-bond donors (Lipinski definition) is 3. The number of fused-ring (bicyclic) bond motifs is 1. The lowest BCUT2D eigenvalue weighted by Crippen LogP contribution is -2.54. The largest absolute Gasteiger partial charge is 0.451 e. The monoisotopic (exact) mass is 631 g/mol. The summed E-state index contributed by atoms with van der Waals surface area (Å²) in [6, 6.07) is 3.57. The van der Waals surface area contributed by atoms with Gasteiger partial charge < -0.3 is 30.3 Å². The number of pyridine rings is 1. The Balaban J connectivity index is 1.35. The summed E-state index contributed by atoms with van der Waals surface area (Å²) in [5, 5.41) is 9.23. The first kappa shape index (κ1) is 33.4. The van der Waals surface area contributed by atoms with Crippen LogP contribution in [0.3, 0.4) is 0 Å². The Morgan fingerprint density at radius 3 is 2.48 bits per heavy atom. The molecule has 3 aliphatic heterocycles. The molecule has 3 N–H and O–H groups in total. The van der Waals surface area contributed by atoms with E-state index in [-0.39, 0.29) is 23.5 Å². The number of aryl methyl sites for hydroxylation is 1. The Morgan fingerprint density at radius 1 is 1.04 bits per heavy atom. The molecule has 0 radical (unpaired) electrons. The maximum absolute atomic E-state index is 13.9. The molecule has 10 heteroatoms. The van der Waals surface area contributed by atoms with Crippen LogP contribution < -0.4 is 16.0 Å². The van der Waals surface area contributed by atoms with Crippen molar-refractivity contribution in [2.24, 2.45) is 5.92 Å². The Morgan fingerprint density at radius 2 is 1.80 bits per heavy atom. The molecule has 1 aromatic rings. The van der Waals surface area contributed by atoms with Gasteiger partial charge >= 0.3 is 0 Å². The molecule has 1 aliphatic carbocycles. The molecule has 1 unspecified atom stereocenters. The number of dihydropyridines is 1. The number of hydrogen-bond acceptors (Lipinski definition) is 7. The minimum Gasteiger partial charge on any atom is -0.451 e.